The molecule has 0 atom stereocenters. The lowest BCUT2D eigenvalue weighted by Gasteiger charge is -2.13. The second kappa shape index (κ2) is 4.77. The Morgan fingerprint density at radius 2 is 1.86 bits per heavy atom. The van der Waals surface area contributed by atoms with E-state index in [0.717, 1.165) is 5.56 Å². The molecule has 0 unspecified atom stereocenters. The summed E-state index contributed by atoms with van der Waals surface area (Å²) in [7, 11) is 0. The van der Waals surface area contributed by atoms with Crippen LogP contribution >= 0.6 is 0 Å². The Bertz CT molecular complexity index is 886. The van der Waals surface area contributed by atoms with Crippen LogP contribution in [0.5, 0.6) is 0 Å². The van der Waals surface area contributed by atoms with Gasteiger partial charge in [-0.15, -0.1) is 0 Å². The van der Waals surface area contributed by atoms with Crippen molar-refractivity contribution in [2.75, 3.05) is 6.54 Å². The Morgan fingerprint density at radius 3 is 2.68 bits per heavy atom. The first kappa shape index (κ1) is 12.7. The number of aromatic nitrogens is 3. The van der Waals surface area contributed by atoms with Crippen molar-refractivity contribution < 1.29 is 9.59 Å². The number of hydrogen-bond acceptors (Lipinski definition) is 4. The molecule has 3 aromatic rings. The molecule has 2 amide bonds. The Labute approximate surface area is 125 Å². The van der Waals surface area contributed by atoms with Crippen molar-refractivity contribution in [3.63, 3.8) is 0 Å². The molecule has 6 heteroatoms. The number of H-pyrrole nitrogens is 1. The molecule has 0 aliphatic carbocycles. The third-order valence-corrected chi connectivity index (χ3v) is 3.88. The van der Waals surface area contributed by atoms with Gasteiger partial charge in [0.2, 0.25) is 0 Å². The van der Waals surface area contributed by atoms with E-state index in [1.807, 2.05) is 30.3 Å². The second-order valence-electron chi connectivity index (χ2n) is 5.18. The van der Waals surface area contributed by atoms with Gasteiger partial charge in [0.05, 0.1) is 22.7 Å². The van der Waals surface area contributed by atoms with Gasteiger partial charge in [0.25, 0.3) is 11.8 Å². The van der Waals surface area contributed by atoms with Gasteiger partial charge in [0.15, 0.2) is 5.65 Å². The zero-order valence-corrected chi connectivity index (χ0v) is 11.6. The molecule has 1 aromatic carbocycles. The number of nitrogens with zero attached hydrogens (tertiary/aromatic N) is 3. The molecule has 22 heavy (non-hydrogen) atoms. The summed E-state index contributed by atoms with van der Waals surface area (Å²) in [5, 5.41) is 7.20. The third kappa shape index (κ3) is 1.81. The molecule has 3 heterocycles. The first-order valence-corrected chi connectivity index (χ1v) is 6.98. The fourth-order valence-electron chi connectivity index (χ4n) is 2.75. The highest BCUT2D eigenvalue weighted by atomic mass is 16.2. The van der Waals surface area contributed by atoms with Crippen molar-refractivity contribution in [2.24, 2.45) is 0 Å². The van der Waals surface area contributed by atoms with Crippen LogP contribution in [0.4, 0.5) is 0 Å². The Morgan fingerprint density at radius 1 is 1.05 bits per heavy atom. The number of pyridine rings is 1. The molecule has 0 saturated carbocycles. The average molecular weight is 292 g/mol. The van der Waals surface area contributed by atoms with E-state index in [1.54, 1.807) is 0 Å². The molecule has 1 aliphatic rings. The first-order valence-electron chi connectivity index (χ1n) is 6.98. The molecule has 108 valence electrons. The van der Waals surface area contributed by atoms with Crippen LogP contribution in [0.2, 0.25) is 0 Å². The van der Waals surface area contributed by atoms with E-state index < -0.39 is 0 Å². The minimum atomic E-state index is -0.286. The van der Waals surface area contributed by atoms with E-state index >= 15 is 0 Å². The highest BCUT2D eigenvalue weighted by molar-refractivity contribution is 6.25. The van der Waals surface area contributed by atoms with Crippen molar-refractivity contribution in [3.05, 3.63) is 59.4 Å². The summed E-state index contributed by atoms with van der Waals surface area (Å²) < 4.78 is 0. The number of imide groups is 1. The summed E-state index contributed by atoms with van der Waals surface area (Å²) in [6.07, 6.45) is 3.61. The second-order valence-corrected chi connectivity index (χ2v) is 5.18. The van der Waals surface area contributed by atoms with Crippen LogP contribution in [0.3, 0.4) is 0 Å². The molecule has 0 spiro atoms. The van der Waals surface area contributed by atoms with Crippen molar-refractivity contribution in [1.82, 2.24) is 20.1 Å². The maximum Gasteiger partial charge on any atom is 0.263 e. The number of fused-ring (bicyclic) bond motifs is 3. The predicted octanol–water partition coefficient (Wildman–Crippen LogP) is 1.80. The maximum atomic E-state index is 12.6. The summed E-state index contributed by atoms with van der Waals surface area (Å²) in [6.45, 7) is 0.357. The molecular weight excluding hydrogens is 280 g/mol. The van der Waals surface area contributed by atoms with Gasteiger partial charge >= 0.3 is 0 Å². The molecule has 1 aliphatic heterocycles. The number of nitrogens with one attached hydrogen (secondary N) is 1. The molecule has 0 radical (unpaired) electrons. The number of carbonyl (C=O) groups is 2. The van der Waals surface area contributed by atoms with Gasteiger partial charge in [-0.1, -0.05) is 30.3 Å². The van der Waals surface area contributed by atoms with Gasteiger partial charge in [-0.3, -0.25) is 19.6 Å². The van der Waals surface area contributed by atoms with Gasteiger partial charge < -0.3 is 0 Å². The summed E-state index contributed by atoms with van der Waals surface area (Å²) in [5.74, 6) is -0.559. The van der Waals surface area contributed by atoms with Crippen LogP contribution in [0.1, 0.15) is 26.3 Å². The van der Waals surface area contributed by atoms with Gasteiger partial charge in [0.1, 0.15) is 0 Å². The smallest absolute Gasteiger partial charge is 0.263 e. The third-order valence-electron chi connectivity index (χ3n) is 3.88. The van der Waals surface area contributed by atoms with Crippen molar-refractivity contribution in [2.45, 2.75) is 6.42 Å². The number of amides is 2. The van der Waals surface area contributed by atoms with E-state index in [-0.39, 0.29) is 11.8 Å². The van der Waals surface area contributed by atoms with Gasteiger partial charge in [-0.2, -0.15) is 5.10 Å². The fourth-order valence-corrected chi connectivity index (χ4v) is 2.75. The normalized spacial score (nSPS) is 13.9. The minimum Gasteiger partial charge on any atom is -0.274 e. The SMILES string of the molecule is O=C1c2cnc3[nH]ncc3c2C(=O)N1CCc1ccccc1. The number of hydrogen-bond donors (Lipinski definition) is 1. The number of aromatic amines is 1. The van der Waals surface area contributed by atoms with Gasteiger partial charge in [-0.05, 0) is 12.0 Å². The molecule has 0 saturated heterocycles. The van der Waals surface area contributed by atoms with Crippen LogP contribution in [-0.4, -0.2) is 38.4 Å². The molecule has 1 N–H and O–H groups in total. The Balaban J connectivity index is 1.66. The lowest BCUT2D eigenvalue weighted by atomic mass is 10.1. The first-order chi connectivity index (χ1) is 10.8. The fraction of sp³-hybridized carbons (Fsp3) is 0.125. The van der Waals surface area contributed by atoms with Crippen molar-refractivity contribution in [3.8, 4) is 0 Å². The topological polar surface area (TPSA) is 79.0 Å². The summed E-state index contributed by atoms with van der Waals surface area (Å²) >= 11 is 0. The maximum absolute atomic E-state index is 12.6. The van der Waals surface area contributed by atoms with E-state index in [4.69, 9.17) is 0 Å². The highest BCUT2D eigenvalue weighted by Crippen LogP contribution is 2.28. The van der Waals surface area contributed by atoms with Crippen LogP contribution in [-0.2, 0) is 6.42 Å². The van der Waals surface area contributed by atoms with E-state index in [1.165, 1.54) is 17.3 Å². The van der Waals surface area contributed by atoms with E-state index in [2.05, 4.69) is 15.2 Å². The molecule has 4 rings (SSSR count). The Hall–Kier alpha value is -3.02. The number of benzene rings is 1. The molecule has 0 fully saturated rings. The molecular formula is C16H12N4O2. The van der Waals surface area contributed by atoms with Crippen LogP contribution in [0, 0.1) is 0 Å². The van der Waals surface area contributed by atoms with Crippen molar-refractivity contribution in [1.29, 1.82) is 0 Å². The zero-order valence-electron chi connectivity index (χ0n) is 11.6. The van der Waals surface area contributed by atoms with Crippen LogP contribution in [0.15, 0.2) is 42.7 Å². The number of rotatable bonds is 3. The minimum absolute atomic E-state index is 0.273. The van der Waals surface area contributed by atoms with Crippen molar-refractivity contribution >= 4 is 22.8 Å². The quantitative estimate of drug-likeness (QED) is 0.746. The largest absolute Gasteiger partial charge is 0.274 e. The van der Waals surface area contributed by atoms with E-state index in [0.29, 0.717) is 35.1 Å². The van der Waals surface area contributed by atoms with Gasteiger partial charge in [0, 0.05) is 12.7 Å². The molecule has 0 bridgehead atoms. The van der Waals surface area contributed by atoms with Crippen LogP contribution in [0.25, 0.3) is 11.0 Å². The lowest BCUT2D eigenvalue weighted by Crippen LogP contribution is -2.31. The molecule has 6 nitrogen and oxygen atoms in total. The monoisotopic (exact) mass is 292 g/mol. The summed E-state index contributed by atoms with van der Waals surface area (Å²) in [4.78, 5) is 30.4. The lowest BCUT2D eigenvalue weighted by molar-refractivity contribution is 0.0656. The predicted molar refractivity (Wildman–Crippen MR) is 79.4 cm³/mol. The number of carbonyl (C=O) groups excluding carboxylic acids is 2. The van der Waals surface area contributed by atoms with Gasteiger partial charge in [-0.25, -0.2) is 4.98 Å². The zero-order chi connectivity index (χ0) is 15.1. The Kier molecular flexibility index (Phi) is 2.75. The standard InChI is InChI=1S/C16H12N4O2/c21-15-12-8-17-14-11(9-18-19-14)13(12)16(22)20(15)7-6-10-4-2-1-3-5-10/h1-5,8-9H,6-7H2,(H,17,18,19). The highest BCUT2D eigenvalue weighted by Gasteiger charge is 2.37. The molecule has 2 aromatic heterocycles. The summed E-state index contributed by atoms with van der Waals surface area (Å²) in [6, 6.07) is 9.78. The van der Waals surface area contributed by atoms with Crippen LogP contribution < -0.4 is 0 Å². The average Bonchev–Trinajstić information content (AvgIpc) is 3.11. The van der Waals surface area contributed by atoms with E-state index in [9.17, 15) is 9.59 Å². The summed E-state index contributed by atoms with van der Waals surface area (Å²) in [5.41, 5.74) is 2.36.